The number of aromatic nitrogens is 2. The summed E-state index contributed by atoms with van der Waals surface area (Å²) in [6, 6.07) is 0. The molecular formula is C10H16N4O2S. The smallest absolute Gasteiger partial charge is 0.343 e. The molecule has 1 rings (SSSR count). The molecule has 1 aromatic rings. The lowest BCUT2D eigenvalue weighted by molar-refractivity contribution is -0.387. The normalized spacial score (nSPS) is 10.6. The minimum absolute atomic E-state index is 0.0278. The molecule has 17 heavy (non-hydrogen) atoms. The summed E-state index contributed by atoms with van der Waals surface area (Å²) in [5, 5.41) is 14.3. The Morgan fingerprint density at radius 1 is 1.53 bits per heavy atom. The van der Waals surface area contributed by atoms with Crippen molar-refractivity contribution in [3.63, 3.8) is 0 Å². The van der Waals surface area contributed by atoms with Crippen molar-refractivity contribution in [1.29, 1.82) is 0 Å². The number of thioether (sulfide) groups is 1. The first kappa shape index (κ1) is 13.7. The van der Waals surface area contributed by atoms with E-state index in [0.29, 0.717) is 23.3 Å². The average Bonchev–Trinajstić information content (AvgIpc) is 2.26. The van der Waals surface area contributed by atoms with Crippen LogP contribution in [0, 0.1) is 16.0 Å². The van der Waals surface area contributed by atoms with Gasteiger partial charge >= 0.3 is 5.69 Å². The van der Waals surface area contributed by atoms with Crippen molar-refractivity contribution in [3.05, 3.63) is 16.4 Å². The van der Waals surface area contributed by atoms with Crippen molar-refractivity contribution in [2.24, 2.45) is 5.92 Å². The van der Waals surface area contributed by atoms with E-state index in [1.807, 2.05) is 6.92 Å². The third-order valence-electron chi connectivity index (χ3n) is 1.87. The van der Waals surface area contributed by atoms with E-state index < -0.39 is 4.92 Å². The number of anilines is 1. The van der Waals surface area contributed by atoms with Gasteiger partial charge in [0, 0.05) is 12.3 Å². The summed E-state index contributed by atoms with van der Waals surface area (Å²) >= 11 is 1.39. The van der Waals surface area contributed by atoms with Crippen LogP contribution in [0.4, 0.5) is 11.5 Å². The third-order valence-corrected chi connectivity index (χ3v) is 3.27. The van der Waals surface area contributed by atoms with Gasteiger partial charge in [-0.05, 0) is 12.8 Å². The summed E-state index contributed by atoms with van der Waals surface area (Å²) in [4.78, 5) is 18.5. The second kappa shape index (κ2) is 6.39. The SMILES string of the molecule is CCNc1ncnc(SCC(C)C)c1[N+](=O)[O-]. The summed E-state index contributed by atoms with van der Waals surface area (Å²) in [6.07, 6.45) is 1.35. The van der Waals surface area contributed by atoms with Crippen LogP contribution >= 0.6 is 11.8 Å². The van der Waals surface area contributed by atoms with Crippen molar-refractivity contribution in [3.8, 4) is 0 Å². The van der Waals surface area contributed by atoms with E-state index in [-0.39, 0.29) is 5.69 Å². The monoisotopic (exact) mass is 256 g/mol. The second-order valence-electron chi connectivity index (χ2n) is 3.87. The Morgan fingerprint density at radius 2 is 2.24 bits per heavy atom. The summed E-state index contributed by atoms with van der Waals surface area (Å²) in [6.45, 7) is 6.58. The molecule has 0 radical (unpaired) electrons. The van der Waals surface area contributed by atoms with Crippen LogP contribution in [0.25, 0.3) is 0 Å². The first-order valence-electron chi connectivity index (χ1n) is 5.42. The molecule has 0 unspecified atom stereocenters. The van der Waals surface area contributed by atoms with Crippen LogP contribution in [-0.2, 0) is 0 Å². The number of hydrogen-bond donors (Lipinski definition) is 1. The maximum atomic E-state index is 11.0. The van der Waals surface area contributed by atoms with Gasteiger partial charge < -0.3 is 5.32 Å². The lowest BCUT2D eigenvalue weighted by Gasteiger charge is -2.07. The van der Waals surface area contributed by atoms with Gasteiger partial charge in [-0.2, -0.15) is 0 Å². The van der Waals surface area contributed by atoms with E-state index in [9.17, 15) is 10.1 Å². The number of nitrogens with one attached hydrogen (secondary N) is 1. The maximum absolute atomic E-state index is 11.0. The minimum atomic E-state index is -0.430. The molecule has 0 spiro atoms. The first-order chi connectivity index (χ1) is 8.06. The van der Waals surface area contributed by atoms with Gasteiger partial charge in [-0.3, -0.25) is 10.1 Å². The highest BCUT2D eigenvalue weighted by Gasteiger charge is 2.22. The predicted octanol–water partition coefficient (Wildman–Crippen LogP) is 2.56. The van der Waals surface area contributed by atoms with Gasteiger partial charge in [0.1, 0.15) is 6.33 Å². The van der Waals surface area contributed by atoms with Crippen molar-refractivity contribution in [2.45, 2.75) is 25.8 Å². The fraction of sp³-hybridized carbons (Fsp3) is 0.600. The first-order valence-corrected chi connectivity index (χ1v) is 6.40. The molecule has 0 amide bonds. The predicted molar refractivity (Wildman–Crippen MR) is 68.4 cm³/mol. The highest BCUT2D eigenvalue weighted by molar-refractivity contribution is 7.99. The van der Waals surface area contributed by atoms with Gasteiger partial charge in [-0.1, -0.05) is 25.6 Å². The van der Waals surface area contributed by atoms with E-state index in [1.165, 1.54) is 18.1 Å². The van der Waals surface area contributed by atoms with E-state index in [0.717, 1.165) is 5.75 Å². The summed E-state index contributed by atoms with van der Waals surface area (Å²) < 4.78 is 0. The number of hydrogen-bond acceptors (Lipinski definition) is 6. The molecule has 0 saturated heterocycles. The van der Waals surface area contributed by atoms with Crippen LogP contribution in [-0.4, -0.2) is 27.2 Å². The number of nitro groups is 1. The molecule has 1 aromatic heterocycles. The zero-order valence-corrected chi connectivity index (χ0v) is 11.0. The Kier molecular flexibility index (Phi) is 5.14. The lowest BCUT2D eigenvalue weighted by atomic mass is 10.3. The summed E-state index contributed by atoms with van der Waals surface area (Å²) in [5.74, 6) is 1.54. The van der Waals surface area contributed by atoms with Gasteiger partial charge in [0.05, 0.1) is 4.92 Å². The molecule has 0 fully saturated rings. The van der Waals surface area contributed by atoms with Crippen molar-refractivity contribution in [2.75, 3.05) is 17.6 Å². The molecule has 94 valence electrons. The molecular weight excluding hydrogens is 240 g/mol. The molecule has 7 heteroatoms. The van der Waals surface area contributed by atoms with Gasteiger partial charge in [0.25, 0.3) is 0 Å². The number of rotatable bonds is 6. The van der Waals surface area contributed by atoms with Crippen LogP contribution in [0.5, 0.6) is 0 Å². The Labute approximate surface area is 104 Å². The van der Waals surface area contributed by atoms with E-state index in [1.54, 1.807) is 0 Å². The van der Waals surface area contributed by atoms with E-state index >= 15 is 0 Å². The molecule has 0 aliphatic rings. The largest absolute Gasteiger partial charge is 0.364 e. The summed E-state index contributed by atoms with van der Waals surface area (Å²) in [5.41, 5.74) is -0.0278. The fourth-order valence-electron chi connectivity index (χ4n) is 1.18. The molecule has 0 aliphatic carbocycles. The summed E-state index contributed by atoms with van der Waals surface area (Å²) in [7, 11) is 0. The quantitative estimate of drug-likeness (QED) is 0.364. The molecule has 0 saturated carbocycles. The number of nitrogens with zero attached hydrogens (tertiary/aromatic N) is 3. The van der Waals surface area contributed by atoms with Crippen molar-refractivity contribution in [1.82, 2.24) is 9.97 Å². The Balaban J connectivity index is 3.02. The Morgan fingerprint density at radius 3 is 2.76 bits per heavy atom. The van der Waals surface area contributed by atoms with Crippen LogP contribution in [0.2, 0.25) is 0 Å². The molecule has 0 aliphatic heterocycles. The van der Waals surface area contributed by atoms with Crippen LogP contribution in [0.3, 0.4) is 0 Å². The van der Waals surface area contributed by atoms with Crippen LogP contribution in [0.1, 0.15) is 20.8 Å². The lowest BCUT2D eigenvalue weighted by Crippen LogP contribution is -2.06. The standard InChI is InChI=1S/C10H16N4O2S/c1-4-11-9-8(14(15)16)10(13-6-12-9)17-5-7(2)3/h6-7H,4-5H2,1-3H3,(H,11,12,13). The average molecular weight is 256 g/mol. The molecule has 1 heterocycles. The molecule has 6 nitrogen and oxygen atoms in total. The molecule has 0 bridgehead atoms. The molecule has 0 aromatic carbocycles. The molecule has 1 N–H and O–H groups in total. The third kappa shape index (κ3) is 3.85. The van der Waals surface area contributed by atoms with Crippen molar-refractivity contribution >= 4 is 23.3 Å². The highest BCUT2D eigenvalue weighted by Crippen LogP contribution is 2.32. The Bertz CT molecular complexity index is 398. The van der Waals surface area contributed by atoms with Gasteiger partial charge in [-0.15, -0.1) is 0 Å². The van der Waals surface area contributed by atoms with Gasteiger partial charge in [0.2, 0.25) is 5.82 Å². The van der Waals surface area contributed by atoms with Crippen LogP contribution in [0.15, 0.2) is 11.4 Å². The zero-order chi connectivity index (χ0) is 12.8. The fourth-order valence-corrected chi connectivity index (χ4v) is 2.10. The van der Waals surface area contributed by atoms with Gasteiger partial charge in [0.15, 0.2) is 5.03 Å². The minimum Gasteiger partial charge on any atom is -0.364 e. The van der Waals surface area contributed by atoms with Gasteiger partial charge in [-0.25, -0.2) is 9.97 Å². The second-order valence-corrected chi connectivity index (χ2v) is 4.88. The van der Waals surface area contributed by atoms with Crippen LogP contribution < -0.4 is 5.32 Å². The maximum Gasteiger partial charge on any atom is 0.343 e. The topological polar surface area (TPSA) is 81.0 Å². The van der Waals surface area contributed by atoms with E-state index in [2.05, 4.69) is 29.1 Å². The zero-order valence-electron chi connectivity index (χ0n) is 10.1. The molecule has 0 atom stereocenters. The van der Waals surface area contributed by atoms with E-state index in [4.69, 9.17) is 0 Å². The Hall–Kier alpha value is -1.37. The van der Waals surface area contributed by atoms with Crippen molar-refractivity contribution < 1.29 is 4.92 Å². The highest BCUT2D eigenvalue weighted by atomic mass is 32.2.